The topological polar surface area (TPSA) is 139 Å². The van der Waals surface area contributed by atoms with E-state index < -0.39 is 18.1 Å². The lowest BCUT2D eigenvalue weighted by atomic mass is 9.81. The summed E-state index contributed by atoms with van der Waals surface area (Å²) in [5.74, 6) is -1.54. The van der Waals surface area contributed by atoms with Crippen LogP contribution in [0.25, 0.3) is 0 Å². The van der Waals surface area contributed by atoms with Crippen molar-refractivity contribution in [3.63, 3.8) is 0 Å². The summed E-state index contributed by atoms with van der Waals surface area (Å²) < 4.78 is 5.89. The molecule has 3 atom stereocenters. The molecule has 1 aromatic heterocycles. The number of H-pyrrole nitrogens is 1. The molecule has 0 bridgehead atoms. The first-order valence-electron chi connectivity index (χ1n) is 8.72. The second kappa shape index (κ2) is 6.35. The maximum atomic E-state index is 11.2. The summed E-state index contributed by atoms with van der Waals surface area (Å²) in [5.41, 5.74) is 2.96. The molecule has 0 fully saturated rings. The first-order chi connectivity index (χ1) is 13.3. The van der Waals surface area contributed by atoms with Gasteiger partial charge in [-0.25, -0.2) is 0 Å². The fourth-order valence-corrected chi connectivity index (χ4v) is 3.67. The van der Waals surface area contributed by atoms with Crippen LogP contribution in [0.2, 0.25) is 0 Å². The molecule has 28 heavy (non-hydrogen) atoms. The van der Waals surface area contributed by atoms with Crippen LogP contribution < -0.4 is 4.74 Å². The molecule has 0 unspecified atom stereocenters. The number of nitrogens with zero attached hydrogens (tertiary/aromatic N) is 1. The number of aliphatic hydroxyl groups excluding tert-OH is 1. The van der Waals surface area contributed by atoms with Crippen LogP contribution in [0.3, 0.4) is 0 Å². The molecule has 0 spiro atoms. The van der Waals surface area contributed by atoms with Crippen LogP contribution in [-0.2, 0) is 0 Å². The summed E-state index contributed by atoms with van der Waals surface area (Å²) in [6.07, 6.45) is -2.07. The molecule has 3 aromatic rings. The zero-order chi connectivity index (χ0) is 20.2. The molecule has 0 saturated heterocycles. The minimum absolute atomic E-state index is 0.184. The van der Waals surface area contributed by atoms with Crippen LogP contribution in [0.15, 0.2) is 30.3 Å². The summed E-state index contributed by atoms with van der Waals surface area (Å²) in [6, 6.07) is 6.68. The Hall–Kier alpha value is -3.39. The first-order valence-corrected chi connectivity index (χ1v) is 8.72. The number of fused-ring (bicyclic) bond motifs is 1. The number of phenols is 4. The van der Waals surface area contributed by atoms with Gasteiger partial charge in [-0.05, 0) is 37.1 Å². The van der Waals surface area contributed by atoms with Crippen LogP contribution in [0, 0.1) is 13.8 Å². The van der Waals surface area contributed by atoms with Crippen molar-refractivity contribution in [1.82, 2.24) is 10.2 Å². The number of rotatable bonds is 2. The lowest BCUT2D eigenvalue weighted by Gasteiger charge is -2.37. The molecule has 1 aliphatic heterocycles. The lowest BCUT2D eigenvalue weighted by Crippen LogP contribution is -2.35. The predicted octanol–water partition coefficient (Wildman–Crippen LogP) is 2.48. The minimum atomic E-state index is -1.15. The predicted molar refractivity (Wildman–Crippen MR) is 98.8 cm³/mol. The van der Waals surface area contributed by atoms with Crippen molar-refractivity contribution in [2.45, 2.75) is 32.0 Å². The van der Waals surface area contributed by atoms with Crippen molar-refractivity contribution < 1.29 is 30.3 Å². The molecule has 0 aliphatic carbocycles. The fourth-order valence-electron chi connectivity index (χ4n) is 3.67. The Kier molecular flexibility index (Phi) is 4.08. The maximum absolute atomic E-state index is 11.2. The van der Waals surface area contributed by atoms with Gasteiger partial charge in [0.15, 0.2) is 17.6 Å². The van der Waals surface area contributed by atoms with Gasteiger partial charge in [-0.15, -0.1) is 0 Å². The first kappa shape index (κ1) is 18.0. The van der Waals surface area contributed by atoms with Gasteiger partial charge in [-0.2, -0.15) is 5.10 Å². The van der Waals surface area contributed by atoms with E-state index in [0.717, 1.165) is 11.3 Å². The van der Waals surface area contributed by atoms with Gasteiger partial charge in [0.25, 0.3) is 0 Å². The number of hydrogen-bond donors (Lipinski definition) is 6. The SMILES string of the molecule is Cc1n[nH]c([C@H]2c3c(O)cc(O)cc3O[C@H](c3ccc(O)c(O)c3)[C@@H]2O)c1C. The molecule has 8 nitrogen and oxygen atoms in total. The fraction of sp³-hybridized carbons (Fsp3) is 0.250. The van der Waals surface area contributed by atoms with E-state index in [9.17, 15) is 25.5 Å². The molecule has 0 amide bonds. The minimum Gasteiger partial charge on any atom is -0.508 e. The third-order valence-corrected chi connectivity index (χ3v) is 5.25. The van der Waals surface area contributed by atoms with Crippen molar-refractivity contribution in [1.29, 1.82) is 0 Å². The summed E-state index contributed by atoms with van der Waals surface area (Å²) in [4.78, 5) is 0. The van der Waals surface area contributed by atoms with Crippen molar-refractivity contribution in [3.8, 4) is 28.7 Å². The molecule has 2 heterocycles. The average Bonchev–Trinajstić information content (AvgIpc) is 2.96. The summed E-state index contributed by atoms with van der Waals surface area (Å²) in [6.45, 7) is 3.68. The quantitative estimate of drug-likeness (QED) is 0.373. The van der Waals surface area contributed by atoms with Gasteiger partial charge in [-0.1, -0.05) is 6.07 Å². The Balaban J connectivity index is 1.91. The zero-order valence-electron chi connectivity index (χ0n) is 15.2. The number of ether oxygens (including phenoxy) is 1. The highest BCUT2D eigenvalue weighted by Gasteiger charge is 2.42. The lowest BCUT2D eigenvalue weighted by molar-refractivity contribution is 0.00636. The van der Waals surface area contributed by atoms with Crippen LogP contribution >= 0.6 is 0 Å². The van der Waals surface area contributed by atoms with Gasteiger partial charge in [0.2, 0.25) is 0 Å². The van der Waals surface area contributed by atoms with E-state index in [-0.39, 0.29) is 28.7 Å². The van der Waals surface area contributed by atoms with Gasteiger partial charge >= 0.3 is 0 Å². The highest BCUT2D eigenvalue weighted by Crippen LogP contribution is 2.51. The van der Waals surface area contributed by atoms with Crippen LogP contribution in [-0.4, -0.2) is 41.8 Å². The Bertz CT molecular complexity index is 1060. The van der Waals surface area contributed by atoms with Crippen molar-refractivity contribution >= 4 is 0 Å². The Labute approximate surface area is 160 Å². The van der Waals surface area contributed by atoms with Gasteiger partial charge in [-0.3, -0.25) is 5.10 Å². The molecular formula is C20H20N2O6. The van der Waals surface area contributed by atoms with E-state index in [1.165, 1.54) is 30.3 Å². The number of aromatic hydroxyl groups is 4. The molecule has 4 rings (SSSR count). The molecule has 8 heteroatoms. The van der Waals surface area contributed by atoms with Gasteiger partial charge < -0.3 is 30.3 Å². The Morgan fingerprint density at radius 3 is 2.36 bits per heavy atom. The Morgan fingerprint density at radius 2 is 1.71 bits per heavy atom. The third-order valence-electron chi connectivity index (χ3n) is 5.25. The number of aromatic amines is 1. The second-order valence-electron chi connectivity index (χ2n) is 6.98. The van der Waals surface area contributed by atoms with Gasteiger partial charge in [0.05, 0.1) is 11.6 Å². The molecule has 6 N–H and O–H groups in total. The summed E-state index contributed by atoms with van der Waals surface area (Å²) >= 11 is 0. The van der Waals surface area contributed by atoms with Crippen molar-refractivity contribution in [2.75, 3.05) is 0 Å². The molecule has 0 radical (unpaired) electrons. The standard InChI is InChI=1S/C20H20N2O6/c1-8-9(2)21-22-18(8)17-16-14(26)6-11(23)7-15(16)28-20(19(17)27)10-3-4-12(24)13(25)5-10/h3-7,17,19-20,23-27H,1-2H3,(H,21,22)/t17-,19-,20-/m1/s1. The molecule has 146 valence electrons. The van der Waals surface area contributed by atoms with E-state index in [4.69, 9.17) is 4.74 Å². The number of hydrogen-bond acceptors (Lipinski definition) is 7. The van der Waals surface area contributed by atoms with Crippen molar-refractivity contribution in [3.05, 3.63) is 58.4 Å². The smallest absolute Gasteiger partial charge is 0.157 e. The van der Waals surface area contributed by atoms with E-state index in [1.54, 1.807) is 0 Å². The number of nitrogens with one attached hydrogen (secondary N) is 1. The van der Waals surface area contributed by atoms with Crippen LogP contribution in [0.5, 0.6) is 28.7 Å². The second-order valence-corrected chi connectivity index (χ2v) is 6.98. The number of phenolic OH excluding ortho intramolecular Hbond substituents is 4. The van der Waals surface area contributed by atoms with Crippen molar-refractivity contribution in [2.24, 2.45) is 0 Å². The molecule has 1 aliphatic rings. The number of benzene rings is 2. The van der Waals surface area contributed by atoms with Crippen LogP contribution in [0.4, 0.5) is 0 Å². The summed E-state index contributed by atoms with van der Waals surface area (Å²) in [5, 5.41) is 58.1. The van der Waals surface area contributed by atoms with Gasteiger partial charge in [0.1, 0.15) is 23.4 Å². The van der Waals surface area contributed by atoms with Gasteiger partial charge in [0, 0.05) is 23.4 Å². The zero-order valence-corrected chi connectivity index (χ0v) is 15.2. The van der Waals surface area contributed by atoms with Crippen LogP contribution in [0.1, 0.15) is 40.1 Å². The normalized spacial score (nSPS) is 21.2. The molecular weight excluding hydrogens is 364 g/mol. The number of aryl methyl sites for hydroxylation is 1. The largest absolute Gasteiger partial charge is 0.508 e. The van der Waals surface area contributed by atoms with E-state index >= 15 is 0 Å². The highest BCUT2D eigenvalue weighted by molar-refractivity contribution is 5.57. The average molecular weight is 384 g/mol. The number of aromatic nitrogens is 2. The monoisotopic (exact) mass is 384 g/mol. The van der Waals surface area contributed by atoms with E-state index in [1.807, 2.05) is 13.8 Å². The van der Waals surface area contributed by atoms with E-state index in [2.05, 4.69) is 10.2 Å². The molecule has 2 aromatic carbocycles. The summed E-state index contributed by atoms with van der Waals surface area (Å²) in [7, 11) is 0. The third kappa shape index (κ3) is 2.69. The maximum Gasteiger partial charge on any atom is 0.157 e. The highest BCUT2D eigenvalue weighted by atomic mass is 16.5. The van der Waals surface area contributed by atoms with E-state index in [0.29, 0.717) is 16.8 Å². The Morgan fingerprint density at radius 1 is 0.964 bits per heavy atom. The number of aliphatic hydroxyl groups is 1. The molecule has 0 saturated carbocycles.